The zero-order valence-electron chi connectivity index (χ0n) is 17.2. The van der Waals surface area contributed by atoms with Crippen molar-refractivity contribution in [3.63, 3.8) is 0 Å². The Balaban J connectivity index is 1.47. The molecule has 0 fully saturated rings. The Labute approximate surface area is 175 Å². The lowest BCUT2D eigenvalue weighted by atomic mass is 10.1. The quantitative estimate of drug-likeness (QED) is 0.528. The smallest absolute Gasteiger partial charge is 0.243 e. The normalized spacial score (nSPS) is 14.9. The van der Waals surface area contributed by atoms with Crippen LogP contribution >= 0.6 is 0 Å². The minimum absolute atomic E-state index is 0.275. The third-order valence-electron chi connectivity index (χ3n) is 5.88. The van der Waals surface area contributed by atoms with Crippen LogP contribution in [0.1, 0.15) is 27.9 Å². The maximum atomic E-state index is 13.0. The molecule has 3 heterocycles. The lowest BCUT2D eigenvalue weighted by Crippen LogP contribution is -2.36. The highest BCUT2D eigenvalue weighted by Crippen LogP contribution is 2.31. The van der Waals surface area contributed by atoms with Crippen molar-refractivity contribution in [1.29, 1.82) is 0 Å². The van der Waals surface area contributed by atoms with Crippen molar-refractivity contribution < 1.29 is 8.42 Å². The highest BCUT2D eigenvalue weighted by molar-refractivity contribution is 7.89. The number of nitrogens with one attached hydrogen (secondary N) is 2. The van der Waals surface area contributed by atoms with E-state index in [0.29, 0.717) is 23.7 Å². The first kappa shape index (κ1) is 19.0. The predicted octanol–water partition coefficient (Wildman–Crippen LogP) is 3.63. The molecule has 1 aliphatic rings. The molecule has 4 aromatic rings. The summed E-state index contributed by atoms with van der Waals surface area (Å²) in [6, 6.07) is 11.1. The van der Waals surface area contributed by atoms with E-state index in [2.05, 4.69) is 41.2 Å². The fraction of sp³-hybridized carbons (Fsp3) is 0.273. The molecule has 7 nitrogen and oxygen atoms in total. The standard InChI is InChI=1S/C22H23N5O2S/c1-13-4-6-16(7-5-13)30(28,29)27-9-8-17-20(12-27)25-26-21(17)22-23-18-10-14(2)15(3)11-19(18)24-22/h4-7,10-11H,8-9,12H2,1-3H3,(H,23,24)(H,25,26). The van der Waals surface area contributed by atoms with Gasteiger partial charge in [-0.15, -0.1) is 0 Å². The van der Waals surface area contributed by atoms with Gasteiger partial charge >= 0.3 is 0 Å². The van der Waals surface area contributed by atoms with Crippen LogP contribution in [0.2, 0.25) is 0 Å². The van der Waals surface area contributed by atoms with Gasteiger partial charge in [0, 0.05) is 12.1 Å². The van der Waals surface area contributed by atoms with E-state index < -0.39 is 10.0 Å². The largest absolute Gasteiger partial charge is 0.337 e. The van der Waals surface area contributed by atoms with Gasteiger partial charge in [-0.1, -0.05) is 17.7 Å². The molecule has 0 aliphatic carbocycles. The van der Waals surface area contributed by atoms with Gasteiger partial charge in [0.05, 0.1) is 28.2 Å². The van der Waals surface area contributed by atoms with Gasteiger partial charge in [-0.25, -0.2) is 13.4 Å². The lowest BCUT2D eigenvalue weighted by molar-refractivity contribution is 0.387. The molecular formula is C22H23N5O2S. The van der Waals surface area contributed by atoms with Crippen molar-refractivity contribution in [3.8, 4) is 11.5 Å². The first-order valence-corrected chi connectivity index (χ1v) is 11.4. The highest BCUT2D eigenvalue weighted by Gasteiger charge is 2.31. The molecule has 2 aromatic carbocycles. The number of hydrogen-bond donors (Lipinski definition) is 2. The monoisotopic (exact) mass is 421 g/mol. The third-order valence-corrected chi connectivity index (χ3v) is 7.74. The predicted molar refractivity (Wildman–Crippen MR) is 116 cm³/mol. The van der Waals surface area contributed by atoms with Gasteiger partial charge in [-0.2, -0.15) is 9.40 Å². The van der Waals surface area contributed by atoms with E-state index in [0.717, 1.165) is 33.5 Å². The summed E-state index contributed by atoms with van der Waals surface area (Å²) >= 11 is 0. The Morgan fingerprint density at radius 3 is 2.53 bits per heavy atom. The average Bonchev–Trinajstić information content (AvgIpc) is 3.31. The summed E-state index contributed by atoms with van der Waals surface area (Å²) in [6.07, 6.45) is 0.585. The van der Waals surface area contributed by atoms with Crippen LogP contribution in [0.25, 0.3) is 22.6 Å². The Kier molecular flexibility index (Phi) is 4.30. The number of nitrogens with zero attached hydrogens (tertiary/aromatic N) is 3. The minimum Gasteiger partial charge on any atom is -0.337 e. The number of benzene rings is 2. The summed E-state index contributed by atoms with van der Waals surface area (Å²) in [5, 5.41) is 7.51. The van der Waals surface area contributed by atoms with Gasteiger partial charge in [0.2, 0.25) is 10.0 Å². The molecule has 2 N–H and O–H groups in total. The number of aryl methyl sites for hydroxylation is 3. The van der Waals surface area contributed by atoms with Crippen LogP contribution in [0.4, 0.5) is 0 Å². The van der Waals surface area contributed by atoms with Crippen molar-refractivity contribution >= 4 is 21.1 Å². The van der Waals surface area contributed by atoms with Crippen molar-refractivity contribution in [2.45, 2.75) is 38.6 Å². The van der Waals surface area contributed by atoms with Crippen LogP contribution in [0.5, 0.6) is 0 Å². The van der Waals surface area contributed by atoms with Gasteiger partial charge in [0.25, 0.3) is 0 Å². The number of aromatic nitrogens is 4. The van der Waals surface area contributed by atoms with Crippen molar-refractivity contribution in [1.82, 2.24) is 24.5 Å². The number of fused-ring (bicyclic) bond motifs is 2. The number of imidazole rings is 1. The highest BCUT2D eigenvalue weighted by atomic mass is 32.2. The fourth-order valence-electron chi connectivity index (χ4n) is 3.94. The number of H-pyrrole nitrogens is 2. The van der Waals surface area contributed by atoms with Crippen LogP contribution in [0, 0.1) is 20.8 Å². The second-order valence-corrected chi connectivity index (χ2v) is 9.91. The molecule has 0 bridgehead atoms. The SMILES string of the molecule is Cc1ccc(S(=O)(=O)N2CCc3c(-c4nc5cc(C)c(C)cc5[nH]4)n[nH]c3C2)cc1. The molecule has 0 amide bonds. The third kappa shape index (κ3) is 3.03. The maximum absolute atomic E-state index is 13.0. The molecule has 0 atom stereocenters. The second-order valence-electron chi connectivity index (χ2n) is 7.97. The summed E-state index contributed by atoms with van der Waals surface area (Å²) in [5.74, 6) is 0.711. The van der Waals surface area contributed by atoms with E-state index >= 15 is 0 Å². The Morgan fingerprint density at radius 1 is 1.03 bits per heavy atom. The number of aromatic amines is 2. The van der Waals surface area contributed by atoms with E-state index in [1.54, 1.807) is 12.1 Å². The zero-order chi connectivity index (χ0) is 21.0. The van der Waals surface area contributed by atoms with Crippen LogP contribution in [0.15, 0.2) is 41.3 Å². The number of hydrogen-bond acceptors (Lipinski definition) is 4. The Hall–Kier alpha value is -2.97. The summed E-state index contributed by atoms with van der Waals surface area (Å²) in [5.41, 5.74) is 7.93. The fourth-order valence-corrected chi connectivity index (χ4v) is 5.34. The molecule has 0 spiro atoms. The zero-order valence-corrected chi connectivity index (χ0v) is 18.0. The Morgan fingerprint density at radius 2 is 1.77 bits per heavy atom. The van der Waals surface area contributed by atoms with E-state index in [9.17, 15) is 8.42 Å². The van der Waals surface area contributed by atoms with Crippen molar-refractivity contribution in [2.75, 3.05) is 6.54 Å². The first-order valence-electron chi connectivity index (χ1n) is 9.93. The van der Waals surface area contributed by atoms with Gasteiger partial charge in [-0.05, 0) is 62.6 Å². The number of sulfonamides is 1. The van der Waals surface area contributed by atoms with Crippen molar-refractivity contribution in [3.05, 3.63) is 64.3 Å². The molecule has 0 saturated heterocycles. The van der Waals surface area contributed by atoms with Crippen LogP contribution in [-0.2, 0) is 23.0 Å². The van der Waals surface area contributed by atoms with Crippen LogP contribution in [-0.4, -0.2) is 39.4 Å². The van der Waals surface area contributed by atoms with E-state index in [-0.39, 0.29) is 6.54 Å². The van der Waals surface area contributed by atoms with Gasteiger partial charge < -0.3 is 4.98 Å². The second kappa shape index (κ2) is 6.78. The first-order chi connectivity index (χ1) is 14.3. The summed E-state index contributed by atoms with van der Waals surface area (Å²) in [4.78, 5) is 8.40. The number of rotatable bonds is 3. The van der Waals surface area contributed by atoms with E-state index in [1.807, 2.05) is 19.1 Å². The van der Waals surface area contributed by atoms with E-state index in [4.69, 9.17) is 4.98 Å². The molecule has 1 aliphatic heterocycles. The topological polar surface area (TPSA) is 94.7 Å². The minimum atomic E-state index is -3.54. The average molecular weight is 422 g/mol. The van der Waals surface area contributed by atoms with Crippen LogP contribution < -0.4 is 0 Å². The van der Waals surface area contributed by atoms with Gasteiger partial charge in [-0.3, -0.25) is 5.10 Å². The summed E-state index contributed by atoms with van der Waals surface area (Å²) in [6.45, 7) is 6.78. The molecule has 0 saturated carbocycles. The van der Waals surface area contributed by atoms with Gasteiger partial charge in [0.15, 0.2) is 5.82 Å². The molecule has 0 radical (unpaired) electrons. The Bertz CT molecular complexity index is 1330. The molecule has 8 heteroatoms. The summed E-state index contributed by atoms with van der Waals surface area (Å²) < 4.78 is 27.6. The lowest BCUT2D eigenvalue weighted by Gasteiger charge is -2.26. The van der Waals surface area contributed by atoms with Crippen molar-refractivity contribution in [2.24, 2.45) is 0 Å². The molecule has 5 rings (SSSR count). The molecule has 30 heavy (non-hydrogen) atoms. The summed E-state index contributed by atoms with van der Waals surface area (Å²) in [7, 11) is -3.54. The molecule has 0 unspecified atom stereocenters. The van der Waals surface area contributed by atoms with Gasteiger partial charge in [0.1, 0.15) is 5.69 Å². The molecule has 154 valence electrons. The molecular weight excluding hydrogens is 398 g/mol. The van der Waals surface area contributed by atoms with Crippen LogP contribution in [0.3, 0.4) is 0 Å². The van der Waals surface area contributed by atoms with E-state index in [1.165, 1.54) is 15.4 Å². The maximum Gasteiger partial charge on any atom is 0.243 e. The molecule has 2 aromatic heterocycles.